The predicted octanol–water partition coefficient (Wildman–Crippen LogP) is 5.11. The number of rotatable bonds is 9. The third-order valence-corrected chi connectivity index (χ3v) is 8.00. The maximum Gasteiger partial charge on any atom is 0.255 e. The fourth-order valence-electron chi connectivity index (χ4n) is 5.45. The average Bonchev–Trinajstić information content (AvgIpc) is 2.99. The second-order valence-corrected chi connectivity index (χ2v) is 11.0. The molecule has 0 radical (unpaired) electrons. The Morgan fingerprint density at radius 1 is 0.875 bits per heavy atom. The average molecular weight is 561 g/mol. The first kappa shape index (κ1) is 28.1. The van der Waals surface area contributed by atoms with E-state index in [1.54, 1.807) is 30.3 Å². The second kappa shape index (κ2) is 13.8. The Morgan fingerprint density at radius 2 is 1.60 bits per heavy atom. The van der Waals surface area contributed by atoms with Gasteiger partial charge in [-0.3, -0.25) is 14.5 Å². The summed E-state index contributed by atoms with van der Waals surface area (Å²) < 4.78 is 5.43. The number of carbonyl (C=O) groups excluding carboxylic acids is 2. The quantitative estimate of drug-likeness (QED) is 0.380. The predicted molar refractivity (Wildman–Crippen MR) is 161 cm³/mol. The number of nitrogens with one attached hydrogen (secondary N) is 2. The van der Waals surface area contributed by atoms with Crippen molar-refractivity contribution in [3.8, 4) is 0 Å². The fraction of sp³-hybridized carbons (Fsp3) is 0.375. The summed E-state index contributed by atoms with van der Waals surface area (Å²) in [5, 5.41) is 6.63. The molecule has 7 nitrogen and oxygen atoms in total. The van der Waals surface area contributed by atoms with Crippen molar-refractivity contribution < 1.29 is 14.3 Å². The summed E-state index contributed by atoms with van der Waals surface area (Å²) in [6, 6.07) is 23.0. The first-order valence-corrected chi connectivity index (χ1v) is 14.5. The zero-order valence-corrected chi connectivity index (χ0v) is 23.5. The first-order chi connectivity index (χ1) is 19.5. The third-order valence-electron chi connectivity index (χ3n) is 7.75. The van der Waals surface area contributed by atoms with Crippen LogP contribution in [0.2, 0.25) is 5.02 Å². The number of amides is 2. The van der Waals surface area contributed by atoms with Gasteiger partial charge in [-0.05, 0) is 73.2 Å². The summed E-state index contributed by atoms with van der Waals surface area (Å²) in [6.45, 7) is 6.34. The molecule has 0 aromatic heterocycles. The molecule has 2 heterocycles. The minimum atomic E-state index is -0.246. The van der Waals surface area contributed by atoms with Gasteiger partial charge < -0.3 is 20.3 Å². The van der Waals surface area contributed by atoms with E-state index in [4.69, 9.17) is 16.3 Å². The first-order valence-electron chi connectivity index (χ1n) is 14.1. The summed E-state index contributed by atoms with van der Waals surface area (Å²) in [6.07, 6.45) is 3.23. The number of carbonyl (C=O) groups is 2. The highest BCUT2D eigenvalue weighted by atomic mass is 35.5. The molecule has 0 spiro atoms. The highest BCUT2D eigenvalue weighted by Gasteiger charge is 2.24. The largest absolute Gasteiger partial charge is 0.379 e. The molecule has 0 saturated carbocycles. The van der Waals surface area contributed by atoms with E-state index in [-0.39, 0.29) is 11.8 Å². The zero-order chi connectivity index (χ0) is 27.7. The van der Waals surface area contributed by atoms with Crippen molar-refractivity contribution in [2.75, 3.05) is 62.7 Å². The number of anilines is 2. The monoisotopic (exact) mass is 560 g/mol. The summed E-state index contributed by atoms with van der Waals surface area (Å²) in [5.74, 6) is 0.254. The van der Waals surface area contributed by atoms with Crippen LogP contribution in [0.15, 0.2) is 72.8 Å². The minimum Gasteiger partial charge on any atom is -0.379 e. The van der Waals surface area contributed by atoms with Crippen molar-refractivity contribution in [2.45, 2.75) is 19.3 Å². The zero-order valence-electron chi connectivity index (χ0n) is 22.8. The number of nitrogens with zero attached hydrogens (tertiary/aromatic N) is 2. The van der Waals surface area contributed by atoms with Gasteiger partial charge in [0.25, 0.3) is 11.8 Å². The molecule has 210 valence electrons. The van der Waals surface area contributed by atoms with E-state index in [1.807, 2.05) is 12.1 Å². The van der Waals surface area contributed by atoms with Gasteiger partial charge in [0.2, 0.25) is 0 Å². The molecule has 5 rings (SSSR count). The lowest BCUT2D eigenvalue weighted by atomic mass is 9.89. The standard InChI is InChI=1S/C32H37ClN4O3/c33-27-8-6-26(7-9-27)31(38)35-28-10-11-30(29(23-28)32(39)34-14-17-36-18-20-40-21-19-36)37-15-12-25(13-16-37)22-24-4-2-1-3-5-24/h1-11,23,25H,12-22H2,(H,34,39)(H,35,38). The highest BCUT2D eigenvalue weighted by Crippen LogP contribution is 2.30. The van der Waals surface area contributed by atoms with Crippen LogP contribution in [0.25, 0.3) is 0 Å². The van der Waals surface area contributed by atoms with Crippen molar-refractivity contribution in [1.82, 2.24) is 10.2 Å². The Hall–Kier alpha value is -3.39. The third kappa shape index (κ3) is 7.62. The Labute approximate surface area is 241 Å². The molecule has 3 aromatic rings. The summed E-state index contributed by atoms with van der Waals surface area (Å²) in [5.41, 5.74) is 3.96. The lowest BCUT2D eigenvalue weighted by Gasteiger charge is -2.35. The molecule has 40 heavy (non-hydrogen) atoms. The van der Waals surface area contributed by atoms with Crippen LogP contribution in [0.4, 0.5) is 11.4 Å². The van der Waals surface area contributed by atoms with E-state index < -0.39 is 0 Å². The maximum absolute atomic E-state index is 13.5. The summed E-state index contributed by atoms with van der Waals surface area (Å²) in [7, 11) is 0. The molecule has 2 saturated heterocycles. The lowest BCUT2D eigenvalue weighted by molar-refractivity contribution is 0.0383. The van der Waals surface area contributed by atoms with E-state index in [0.29, 0.717) is 34.3 Å². The van der Waals surface area contributed by atoms with E-state index in [0.717, 1.165) is 70.9 Å². The number of piperidine rings is 1. The smallest absolute Gasteiger partial charge is 0.255 e. The van der Waals surface area contributed by atoms with Gasteiger partial charge in [0.05, 0.1) is 18.8 Å². The van der Waals surface area contributed by atoms with Gasteiger partial charge in [-0.25, -0.2) is 0 Å². The molecule has 3 aromatic carbocycles. The highest BCUT2D eigenvalue weighted by molar-refractivity contribution is 6.30. The molecule has 2 fully saturated rings. The van der Waals surface area contributed by atoms with Crippen LogP contribution in [-0.2, 0) is 11.2 Å². The molecule has 2 amide bonds. The van der Waals surface area contributed by atoms with E-state index >= 15 is 0 Å². The van der Waals surface area contributed by atoms with Gasteiger partial charge in [0, 0.05) is 61.2 Å². The van der Waals surface area contributed by atoms with Crippen molar-refractivity contribution in [2.24, 2.45) is 5.92 Å². The molecule has 2 N–H and O–H groups in total. The Morgan fingerprint density at radius 3 is 2.33 bits per heavy atom. The van der Waals surface area contributed by atoms with Crippen molar-refractivity contribution in [1.29, 1.82) is 0 Å². The SMILES string of the molecule is O=C(Nc1ccc(N2CCC(Cc3ccccc3)CC2)c(C(=O)NCCN2CCOCC2)c1)c1ccc(Cl)cc1. The van der Waals surface area contributed by atoms with Crippen LogP contribution in [0.3, 0.4) is 0 Å². The summed E-state index contributed by atoms with van der Waals surface area (Å²) in [4.78, 5) is 30.9. The Bertz CT molecular complexity index is 1270. The minimum absolute atomic E-state index is 0.128. The van der Waals surface area contributed by atoms with Gasteiger partial charge in [-0.15, -0.1) is 0 Å². The molecule has 2 aliphatic heterocycles. The maximum atomic E-state index is 13.5. The number of morpholine rings is 1. The molecule has 8 heteroatoms. The van der Waals surface area contributed by atoms with E-state index in [1.165, 1.54) is 5.56 Å². The van der Waals surface area contributed by atoms with Gasteiger partial charge in [-0.2, -0.15) is 0 Å². The van der Waals surface area contributed by atoms with Crippen molar-refractivity contribution in [3.63, 3.8) is 0 Å². The number of hydrogen-bond acceptors (Lipinski definition) is 5. The number of halogens is 1. The molecule has 0 aliphatic carbocycles. The van der Waals surface area contributed by atoms with Crippen LogP contribution < -0.4 is 15.5 Å². The van der Waals surface area contributed by atoms with Gasteiger partial charge in [0.15, 0.2) is 0 Å². The molecule has 0 bridgehead atoms. The summed E-state index contributed by atoms with van der Waals surface area (Å²) >= 11 is 5.97. The molecular weight excluding hydrogens is 524 g/mol. The number of hydrogen-bond donors (Lipinski definition) is 2. The molecular formula is C32H37ClN4O3. The van der Waals surface area contributed by atoms with Crippen molar-refractivity contribution >= 4 is 34.8 Å². The molecule has 0 atom stereocenters. The molecule has 2 aliphatic rings. The Kier molecular flexibility index (Phi) is 9.71. The molecule has 0 unspecified atom stereocenters. The second-order valence-electron chi connectivity index (χ2n) is 10.5. The van der Waals surface area contributed by atoms with E-state index in [9.17, 15) is 9.59 Å². The Balaban J connectivity index is 1.28. The van der Waals surface area contributed by atoms with Crippen LogP contribution in [0.1, 0.15) is 39.1 Å². The van der Waals surface area contributed by atoms with Crippen LogP contribution in [0.5, 0.6) is 0 Å². The van der Waals surface area contributed by atoms with Gasteiger partial charge >= 0.3 is 0 Å². The lowest BCUT2D eigenvalue weighted by Crippen LogP contribution is -2.41. The normalized spacial score (nSPS) is 16.5. The fourth-order valence-corrected chi connectivity index (χ4v) is 5.57. The topological polar surface area (TPSA) is 73.9 Å². The van der Waals surface area contributed by atoms with Crippen LogP contribution in [0, 0.1) is 5.92 Å². The van der Waals surface area contributed by atoms with Gasteiger partial charge in [0.1, 0.15) is 0 Å². The van der Waals surface area contributed by atoms with Crippen LogP contribution >= 0.6 is 11.6 Å². The van der Waals surface area contributed by atoms with Crippen molar-refractivity contribution in [3.05, 3.63) is 94.5 Å². The van der Waals surface area contributed by atoms with Gasteiger partial charge in [-0.1, -0.05) is 41.9 Å². The number of benzene rings is 3. The van der Waals surface area contributed by atoms with E-state index in [2.05, 4.69) is 50.8 Å². The van der Waals surface area contributed by atoms with Crippen LogP contribution in [-0.4, -0.2) is 69.2 Å². The number of ether oxygens (including phenoxy) is 1.